The van der Waals surface area contributed by atoms with E-state index in [9.17, 15) is 9.59 Å². The molecule has 4 atom stereocenters. The van der Waals surface area contributed by atoms with Crippen molar-refractivity contribution in [2.45, 2.75) is 38.6 Å². The third-order valence-corrected chi connectivity index (χ3v) is 7.50. The molecule has 4 aliphatic carbocycles. The fraction of sp³-hybridized carbons (Fsp3) is 0.565. The molecule has 1 aromatic carbocycles. The number of carbonyl (C=O) groups excluding carboxylic acids is 1. The fourth-order valence-corrected chi connectivity index (χ4v) is 6.32. The van der Waals surface area contributed by atoms with Gasteiger partial charge in [0.1, 0.15) is 0 Å². The zero-order valence-corrected chi connectivity index (χ0v) is 16.8. The van der Waals surface area contributed by atoms with Crippen molar-refractivity contribution in [2.24, 2.45) is 23.2 Å². The predicted octanol–water partition coefficient (Wildman–Crippen LogP) is 3.33. The number of amides is 1. The number of rotatable bonds is 5. The van der Waals surface area contributed by atoms with Gasteiger partial charge in [0.15, 0.2) is 0 Å². The first-order chi connectivity index (χ1) is 13.5. The van der Waals surface area contributed by atoms with E-state index in [-0.39, 0.29) is 16.9 Å². The summed E-state index contributed by atoms with van der Waals surface area (Å²) in [6, 6.07) is 7.64. The molecule has 5 heteroatoms. The molecule has 1 aromatic heterocycles. The number of likely N-dealkylation sites (N-methyl/N-ethyl adjacent to an activating group) is 1. The van der Waals surface area contributed by atoms with Crippen LogP contribution in [0.25, 0.3) is 10.8 Å². The monoisotopic (exact) mass is 379 g/mol. The van der Waals surface area contributed by atoms with Gasteiger partial charge in [-0.05, 0) is 82.2 Å². The van der Waals surface area contributed by atoms with Crippen molar-refractivity contribution >= 4 is 22.4 Å². The molecule has 4 fully saturated rings. The van der Waals surface area contributed by atoms with Crippen molar-refractivity contribution in [3.63, 3.8) is 0 Å². The Labute approximate surface area is 165 Å². The minimum Gasteiger partial charge on any atom is -0.325 e. The van der Waals surface area contributed by atoms with Gasteiger partial charge in [-0.2, -0.15) is 0 Å². The first-order valence-electron chi connectivity index (χ1n) is 10.5. The largest absolute Gasteiger partial charge is 0.325 e. The number of carbonyl (C=O) groups is 1. The van der Waals surface area contributed by atoms with Crippen LogP contribution < -0.4 is 10.9 Å². The number of anilines is 1. The van der Waals surface area contributed by atoms with Gasteiger partial charge in [-0.3, -0.25) is 9.59 Å². The van der Waals surface area contributed by atoms with E-state index in [4.69, 9.17) is 0 Å². The summed E-state index contributed by atoms with van der Waals surface area (Å²) >= 11 is 0. The zero-order valence-electron chi connectivity index (χ0n) is 16.8. The van der Waals surface area contributed by atoms with Crippen LogP contribution >= 0.6 is 0 Å². The van der Waals surface area contributed by atoms with E-state index >= 15 is 0 Å². The molecule has 1 N–H and O–H groups in total. The normalized spacial score (nSPS) is 30.5. The molecule has 6 rings (SSSR count). The number of hydrogen-bond acceptors (Lipinski definition) is 3. The summed E-state index contributed by atoms with van der Waals surface area (Å²) in [6.07, 6.45) is 7.76. The van der Waals surface area contributed by atoms with Crippen LogP contribution in [0.2, 0.25) is 0 Å². The van der Waals surface area contributed by atoms with Gasteiger partial charge < -0.3 is 14.8 Å². The lowest BCUT2D eigenvalue weighted by atomic mass is 9.75. The van der Waals surface area contributed by atoms with E-state index in [1.165, 1.54) is 19.3 Å². The second kappa shape index (κ2) is 6.45. The summed E-state index contributed by atoms with van der Waals surface area (Å²) < 4.78 is 1.75. The SMILES string of the molecule is CN(C)CCn1ccc2c(NC(=O)C34CC5CC3C[C@H](C5)C4)cccc2c1=O. The molecule has 5 nitrogen and oxygen atoms in total. The van der Waals surface area contributed by atoms with Crippen molar-refractivity contribution in [2.75, 3.05) is 26.0 Å². The van der Waals surface area contributed by atoms with Gasteiger partial charge in [0, 0.05) is 35.7 Å². The molecule has 4 saturated carbocycles. The summed E-state index contributed by atoms with van der Waals surface area (Å²) in [5.41, 5.74) is 0.630. The Bertz CT molecular complexity index is 979. The number of aromatic nitrogens is 1. The molecule has 28 heavy (non-hydrogen) atoms. The van der Waals surface area contributed by atoms with Crippen molar-refractivity contribution < 1.29 is 4.79 Å². The fourth-order valence-electron chi connectivity index (χ4n) is 6.32. The Morgan fingerprint density at radius 3 is 2.61 bits per heavy atom. The maximum atomic E-state index is 13.4. The number of benzene rings is 1. The maximum Gasteiger partial charge on any atom is 0.258 e. The van der Waals surface area contributed by atoms with E-state index in [0.717, 1.165) is 42.3 Å². The van der Waals surface area contributed by atoms with Gasteiger partial charge in [-0.15, -0.1) is 0 Å². The van der Waals surface area contributed by atoms with Gasteiger partial charge in [0.05, 0.1) is 5.41 Å². The summed E-state index contributed by atoms with van der Waals surface area (Å²) in [4.78, 5) is 28.3. The standard InChI is InChI=1S/C23H29N3O2/c1-25(2)8-9-26-7-6-18-19(21(26)27)4-3-5-20(18)24-22(28)23-13-15-10-16(14-23)12-17(23)11-15/h3-7,15-17H,8-14H2,1-2H3,(H,24,28)/t15-,16?,17?,23?/m0/s1. The van der Waals surface area contributed by atoms with E-state index < -0.39 is 0 Å². The Kier molecular flexibility index (Phi) is 4.13. The van der Waals surface area contributed by atoms with E-state index in [2.05, 4.69) is 10.2 Å². The Hall–Kier alpha value is -2.14. The lowest BCUT2D eigenvalue weighted by Crippen LogP contribution is -2.37. The Morgan fingerprint density at radius 2 is 1.89 bits per heavy atom. The second-order valence-corrected chi connectivity index (χ2v) is 9.54. The molecule has 0 saturated heterocycles. The van der Waals surface area contributed by atoms with Crippen molar-refractivity contribution in [1.82, 2.24) is 9.47 Å². The smallest absolute Gasteiger partial charge is 0.258 e. The lowest BCUT2D eigenvalue weighted by Gasteiger charge is -2.31. The van der Waals surface area contributed by atoms with Crippen LogP contribution in [-0.2, 0) is 11.3 Å². The predicted molar refractivity (Wildman–Crippen MR) is 111 cm³/mol. The third kappa shape index (κ3) is 2.71. The van der Waals surface area contributed by atoms with Crippen LogP contribution in [0.5, 0.6) is 0 Å². The van der Waals surface area contributed by atoms with Crippen LogP contribution in [0.1, 0.15) is 32.1 Å². The molecular formula is C23H29N3O2. The van der Waals surface area contributed by atoms with Gasteiger partial charge >= 0.3 is 0 Å². The van der Waals surface area contributed by atoms with Gasteiger partial charge in [-0.25, -0.2) is 0 Å². The number of nitrogens with one attached hydrogen (secondary N) is 1. The molecule has 3 unspecified atom stereocenters. The second-order valence-electron chi connectivity index (χ2n) is 9.54. The highest BCUT2D eigenvalue weighted by atomic mass is 16.2. The summed E-state index contributed by atoms with van der Waals surface area (Å²) in [7, 11) is 4.00. The number of pyridine rings is 1. The van der Waals surface area contributed by atoms with Crippen LogP contribution in [0.15, 0.2) is 35.3 Å². The maximum absolute atomic E-state index is 13.4. The molecule has 0 spiro atoms. The number of nitrogens with zero attached hydrogens (tertiary/aromatic N) is 2. The third-order valence-electron chi connectivity index (χ3n) is 7.50. The summed E-state index contributed by atoms with van der Waals surface area (Å²) in [6.45, 7) is 1.47. The van der Waals surface area contributed by atoms with E-state index in [1.807, 2.05) is 44.6 Å². The zero-order chi connectivity index (χ0) is 19.5. The molecule has 4 aliphatic rings. The highest BCUT2D eigenvalue weighted by Crippen LogP contribution is 2.65. The van der Waals surface area contributed by atoms with Crippen LogP contribution in [-0.4, -0.2) is 36.0 Å². The van der Waals surface area contributed by atoms with Crippen molar-refractivity contribution in [3.8, 4) is 0 Å². The summed E-state index contributed by atoms with van der Waals surface area (Å²) in [5.74, 6) is 2.25. The Balaban J connectivity index is 1.44. The van der Waals surface area contributed by atoms with Gasteiger partial charge in [-0.1, -0.05) is 6.07 Å². The summed E-state index contributed by atoms with van der Waals surface area (Å²) in [5, 5.41) is 4.75. The molecule has 148 valence electrons. The van der Waals surface area contributed by atoms with Crippen molar-refractivity contribution in [3.05, 3.63) is 40.8 Å². The van der Waals surface area contributed by atoms with Crippen LogP contribution in [0, 0.1) is 23.2 Å². The molecule has 0 radical (unpaired) electrons. The van der Waals surface area contributed by atoms with E-state index in [0.29, 0.717) is 17.8 Å². The molecule has 1 amide bonds. The van der Waals surface area contributed by atoms with Gasteiger partial charge in [0.2, 0.25) is 5.91 Å². The number of hydrogen-bond donors (Lipinski definition) is 1. The minimum atomic E-state index is -0.156. The topological polar surface area (TPSA) is 54.3 Å². The van der Waals surface area contributed by atoms with Crippen LogP contribution in [0.4, 0.5) is 5.69 Å². The quantitative estimate of drug-likeness (QED) is 0.867. The molecule has 2 aromatic rings. The molecule has 4 bridgehead atoms. The van der Waals surface area contributed by atoms with E-state index in [1.54, 1.807) is 4.57 Å². The first-order valence-corrected chi connectivity index (χ1v) is 10.5. The van der Waals surface area contributed by atoms with Gasteiger partial charge in [0.25, 0.3) is 5.56 Å². The molecular weight excluding hydrogens is 350 g/mol. The van der Waals surface area contributed by atoms with Crippen LogP contribution in [0.3, 0.4) is 0 Å². The Morgan fingerprint density at radius 1 is 1.14 bits per heavy atom. The average molecular weight is 380 g/mol. The minimum absolute atomic E-state index is 0.00876. The first kappa shape index (κ1) is 17.9. The molecule has 1 heterocycles. The lowest BCUT2D eigenvalue weighted by molar-refractivity contribution is -0.127. The van der Waals surface area contributed by atoms with Crippen molar-refractivity contribution in [1.29, 1.82) is 0 Å². The highest BCUT2D eigenvalue weighted by molar-refractivity contribution is 6.04. The number of fused-ring (bicyclic) bond motifs is 1. The molecule has 0 aliphatic heterocycles. The average Bonchev–Trinajstić information content (AvgIpc) is 3.06. The highest BCUT2D eigenvalue weighted by Gasteiger charge is 2.61.